The van der Waals surface area contributed by atoms with Gasteiger partial charge < -0.3 is 9.15 Å². The number of hydrogen-bond donors (Lipinski definition) is 0. The first-order chi connectivity index (χ1) is 6.18. The SMILES string of the molecule is Cc1ccc([CH]C2(C)CCCO2)o1. The van der Waals surface area contributed by atoms with Gasteiger partial charge in [0.1, 0.15) is 11.5 Å². The van der Waals surface area contributed by atoms with Crippen LogP contribution in [0.3, 0.4) is 0 Å². The predicted molar refractivity (Wildman–Crippen MR) is 50.4 cm³/mol. The molecule has 1 aliphatic heterocycles. The van der Waals surface area contributed by atoms with Crippen molar-refractivity contribution < 1.29 is 9.15 Å². The van der Waals surface area contributed by atoms with Crippen LogP contribution in [0.2, 0.25) is 0 Å². The van der Waals surface area contributed by atoms with Crippen molar-refractivity contribution in [3.63, 3.8) is 0 Å². The third-order valence-electron chi connectivity index (χ3n) is 2.46. The zero-order valence-corrected chi connectivity index (χ0v) is 8.17. The van der Waals surface area contributed by atoms with Gasteiger partial charge in [-0.3, -0.25) is 0 Å². The van der Waals surface area contributed by atoms with Crippen molar-refractivity contribution in [1.29, 1.82) is 0 Å². The molecular weight excluding hydrogens is 164 g/mol. The van der Waals surface area contributed by atoms with Gasteiger partial charge in [-0.25, -0.2) is 0 Å². The van der Waals surface area contributed by atoms with Gasteiger partial charge in [-0.2, -0.15) is 0 Å². The second kappa shape index (κ2) is 3.18. The summed E-state index contributed by atoms with van der Waals surface area (Å²) >= 11 is 0. The van der Waals surface area contributed by atoms with Crippen molar-refractivity contribution >= 4 is 0 Å². The van der Waals surface area contributed by atoms with Gasteiger partial charge in [0.2, 0.25) is 0 Å². The minimum atomic E-state index is -0.107. The maximum atomic E-state index is 5.64. The molecule has 1 unspecified atom stereocenters. The smallest absolute Gasteiger partial charge is 0.110 e. The Balaban J connectivity index is 2.04. The molecule has 2 heterocycles. The molecule has 0 aliphatic carbocycles. The van der Waals surface area contributed by atoms with Crippen molar-refractivity contribution in [1.82, 2.24) is 0 Å². The zero-order chi connectivity index (χ0) is 9.31. The monoisotopic (exact) mass is 179 g/mol. The minimum Gasteiger partial charge on any atom is -0.466 e. The van der Waals surface area contributed by atoms with Gasteiger partial charge in [-0.15, -0.1) is 0 Å². The molecule has 0 bridgehead atoms. The molecule has 1 atom stereocenters. The van der Waals surface area contributed by atoms with Crippen LogP contribution >= 0.6 is 0 Å². The lowest BCUT2D eigenvalue weighted by Crippen LogP contribution is -2.23. The lowest BCUT2D eigenvalue weighted by Gasteiger charge is -2.20. The molecule has 0 spiro atoms. The standard InChI is InChI=1S/C11H15O2/c1-9-4-5-10(13-9)8-11(2)6-3-7-12-11/h4-5,8H,3,6-7H2,1-2H3. The Morgan fingerprint density at radius 2 is 2.31 bits per heavy atom. The molecule has 0 amide bonds. The Bertz CT molecular complexity index is 282. The van der Waals surface area contributed by atoms with E-state index in [9.17, 15) is 0 Å². The highest BCUT2D eigenvalue weighted by Crippen LogP contribution is 2.30. The van der Waals surface area contributed by atoms with Crippen LogP contribution < -0.4 is 0 Å². The molecule has 1 saturated heterocycles. The lowest BCUT2D eigenvalue weighted by atomic mass is 9.97. The average Bonchev–Trinajstić information content (AvgIpc) is 2.62. The van der Waals surface area contributed by atoms with Crippen molar-refractivity contribution in [3.8, 4) is 0 Å². The van der Waals surface area contributed by atoms with Gasteiger partial charge in [0.05, 0.1) is 12.0 Å². The van der Waals surface area contributed by atoms with Gasteiger partial charge in [-0.1, -0.05) is 0 Å². The van der Waals surface area contributed by atoms with E-state index in [1.165, 1.54) is 0 Å². The summed E-state index contributed by atoms with van der Waals surface area (Å²) in [5.74, 6) is 1.87. The molecule has 1 fully saturated rings. The van der Waals surface area contributed by atoms with E-state index in [0.717, 1.165) is 31.0 Å². The van der Waals surface area contributed by atoms with Crippen LogP contribution in [0.5, 0.6) is 0 Å². The van der Waals surface area contributed by atoms with E-state index >= 15 is 0 Å². The van der Waals surface area contributed by atoms with Crippen LogP contribution in [-0.4, -0.2) is 12.2 Å². The highest BCUT2D eigenvalue weighted by Gasteiger charge is 2.31. The molecule has 0 aromatic carbocycles. The normalized spacial score (nSPS) is 28.2. The number of furan rings is 1. The van der Waals surface area contributed by atoms with Crippen molar-refractivity contribution in [2.45, 2.75) is 32.3 Å². The Kier molecular flexibility index (Phi) is 2.16. The van der Waals surface area contributed by atoms with E-state index < -0.39 is 0 Å². The van der Waals surface area contributed by atoms with E-state index in [1.807, 2.05) is 19.1 Å². The Morgan fingerprint density at radius 3 is 2.85 bits per heavy atom. The quantitative estimate of drug-likeness (QED) is 0.696. The van der Waals surface area contributed by atoms with Crippen LogP contribution in [0.4, 0.5) is 0 Å². The Morgan fingerprint density at radius 1 is 1.46 bits per heavy atom. The third kappa shape index (κ3) is 1.94. The first-order valence-corrected chi connectivity index (χ1v) is 4.74. The molecule has 0 N–H and O–H groups in total. The van der Waals surface area contributed by atoms with Crippen LogP contribution in [0.1, 0.15) is 31.3 Å². The molecule has 1 aromatic heterocycles. The average molecular weight is 179 g/mol. The van der Waals surface area contributed by atoms with Gasteiger partial charge in [0.15, 0.2) is 0 Å². The first-order valence-electron chi connectivity index (χ1n) is 4.74. The van der Waals surface area contributed by atoms with Crippen molar-refractivity contribution in [3.05, 3.63) is 30.1 Å². The highest BCUT2D eigenvalue weighted by atomic mass is 16.5. The molecule has 1 radical (unpaired) electrons. The fraction of sp³-hybridized carbons (Fsp3) is 0.545. The third-order valence-corrected chi connectivity index (χ3v) is 2.46. The summed E-state index contributed by atoms with van der Waals surface area (Å²) in [6.07, 6.45) is 4.31. The second-order valence-corrected chi connectivity index (χ2v) is 3.86. The summed E-state index contributed by atoms with van der Waals surface area (Å²) < 4.78 is 11.1. The highest BCUT2D eigenvalue weighted by molar-refractivity contribution is 5.19. The maximum absolute atomic E-state index is 5.64. The van der Waals surface area contributed by atoms with Gasteiger partial charge >= 0.3 is 0 Å². The van der Waals surface area contributed by atoms with Crippen molar-refractivity contribution in [2.24, 2.45) is 0 Å². The van der Waals surface area contributed by atoms with E-state index in [4.69, 9.17) is 9.15 Å². The summed E-state index contributed by atoms with van der Waals surface area (Å²) in [6.45, 7) is 4.93. The van der Waals surface area contributed by atoms with Crippen molar-refractivity contribution in [2.75, 3.05) is 6.61 Å². The molecule has 1 aliphatic rings. The number of aryl methyl sites for hydroxylation is 1. The number of rotatable bonds is 2. The second-order valence-electron chi connectivity index (χ2n) is 3.86. The molecular formula is C11H15O2. The number of hydrogen-bond acceptors (Lipinski definition) is 2. The molecule has 13 heavy (non-hydrogen) atoms. The Hall–Kier alpha value is -0.760. The topological polar surface area (TPSA) is 22.4 Å². The lowest BCUT2D eigenvalue weighted by molar-refractivity contribution is 0.0482. The van der Waals surface area contributed by atoms with Crippen LogP contribution in [0.25, 0.3) is 0 Å². The van der Waals surface area contributed by atoms with E-state index in [-0.39, 0.29) is 5.60 Å². The van der Waals surface area contributed by atoms with Crippen LogP contribution in [0.15, 0.2) is 16.5 Å². The maximum Gasteiger partial charge on any atom is 0.110 e. The van der Waals surface area contributed by atoms with Gasteiger partial charge in [0.25, 0.3) is 0 Å². The summed E-state index contributed by atoms with van der Waals surface area (Å²) in [7, 11) is 0. The molecule has 1 aromatic rings. The zero-order valence-electron chi connectivity index (χ0n) is 8.17. The Labute approximate surface area is 78.9 Å². The number of ether oxygens (including phenoxy) is 1. The molecule has 0 saturated carbocycles. The first kappa shape index (κ1) is 8.82. The summed E-state index contributed by atoms with van der Waals surface area (Å²) in [4.78, 5) is 0. The molecule has 71 valence electrons. The van der Waals surface area contributed by atoms with Gasteiger partial charge in [-0.05, 0) is 38.8 Å². The van der Waals surface area contributed by atoms with Crippen LogP contribution in [-0.2, 0) is 4.74 Å². The molecule has 2 heteroatoms. The summed E-state index contributed by atoms with van der Waals surface area (Å²) in [5.41, 5.74) is -0.107. The van der Waals surface area contributed by atoms with E-state index in [2.05, 4.69) is 13.3 Å². The van der Waals surface area contributed by atoms with E-state index in [1.54, 1.807) is 0 Å². The minimum absolute atomic E-state index is 0.107. The summed E-state index contributed by atoms with van der Waals surface area (Å²) in [5, 5.41) is 0. The molecule has 2 nitrogen and oxygen atoms in total. The van der Waals surface area contributed by atoms with E-state index in [0.29, 0.717) is 0 Å². The predicted octanol–water partition coefficient (Wildman–Crippen LogP) is 2.71. The summed E-state index contributed by atoms with van der Waals surface area (Å²) in [6, 6.07) is 3.96. The van der Waals surface area contributed by atoms with Crippen LogP contribution in [0, 0.1) is 13.3 Å². The fourth-order valence-corrected chi connectivity index (χ4v) is 1.75. The fourth-order valence-electron chi connectivity index (χ4n) is 1.75. The largest absolute Gasteiger partial charge is 0.466 e. The van der Waals surface area contributed by atoms with Gasteiger partial charge in [0, 0.05) is 6.61 Å². The molecule has 2 rings (SSSR count).